The number of rotatable bonds is 6. The van der Waals surface area contributed by atoms with Crippen LogP contribution >= 0.6 is 0 Å². The molecule has 0 rings (SSSR count). The SMILES string of the molecule is CCNC(=O)C(C)(CC(C)C)NCC(C)(C)C. The van der Waals surface area contributed by atoms with E-state index < -0.39 is 5.54 Å². The van der Waals surface area contributed by atoms with Gasteiger partial charge in [-0.3, -0.25) is 4.79 Å². The maximum absolute atomic E-state index is 12.1. The second-order valence-electron chi connectivity index (χ2n) is 6.70. The Balaban J connectivity index is 4.66. The first-order chi connectivity index (χ1) is 7.60. The van der Waals surface area contributed by atoms with Gasteiger partial charge in [0, 0.05) is 13.1 Å². The van der Waals surface area contributed by atoms with Crippen molar-refractivity contribution in [2.24, 2.45) is 11.3 Å². The van der Waals surface area contributed by atoms with Gasteiger partial charge in [0.05, 0.1) is 5.54 Å². The highest BCUT2D eigenvalue weighted by Crippen LogP contribution is 2.20. The summed E-state index contributed by atoms with van der Waals surface area (Å²) in [5.74, 6) is 0.605. The van der Waals surface area contributed by atoms with E-state index in [4.69, 9.17) is 0 Å². The Bertz CT molecular complexity index is 243. The van der Waals surface area contributed by atoms with Gasteiger partial charge in [-0.15, -0.1) is 0 Å². The maximum atomic E-state index is 12.1. The Morgan fingerprint density at radius 3 is 2.06 bits per heavy atom. The van der Waals surface area contributed by atoms with Crippen LogP contribution in [0.4, 0.5) is 0 Å². The molecule has 3 nitrogen and oxygen atoms in total. The number of nitrogens with one attached hydrogen (secondary N) is 2. The zero-order chi connectivity index (χ0) is 13.7. The van der Waals surface area contributed by atoms with Crippen molar-refractivity contribution in [1.29, 1.82) is 0 Å². The van der Waals surface area contributed by atoms with Crippen LogP contribution in [0.3, 0.4) is 0 Å². The van der Waals surface area contributed by atoms with E-state index in [0.29, 0.717) is 12.5 Å². The van der Waals surface area contributed by atoms with Crippen LogP contribution in [0.2, 0.25) is 0 Å². The average molecular weight is 242 g/mol. The molecule has 0 aromatic rings. The Kier molecular flexibility index (Phi) is 6.17. The number of carbonyl (C=O) groups excluding carboxylic acids is 1. The quantitative estimate of drug-likeness (QED) is 0.751. The number of likely N-dealkylation sites (N-methyl/N-ethyl adjacent to an activating group) is 1. The van der Waals surface area contributed by atoms with E-state index in [0.717, 1.165) is 13.0 Å². The van der Waals surface area contributed by atoms with Crippen molar-refractivity contribution in [3.05, 3.63) is 0 Å². The van der Waals surface area contributed by atoms with E-state index in [1.807, 2.05) is 13.8 Å². The lowest BCUT2D eigenvalue weighted by Gasteiger charge is -2.34. The van der Waals surface area contributed by atoms with Crippen LogP contribution < -0.4 is 10.6 Å². The lowest BCUT2D eigenvalue weighted by atomic mass is 9.87. The highest BCUT2D eigenvalue weighted by molar-refractivity contribution is 5.85. The van der Waals surface area contributed by atoms with Crippen molar-refractivity contribution < 1.29 is 4.79 Å². The Morgan fingerprint density at radius 1 is 1.18 bits per heavy atom. The zero-order valence-corrected chi connectivity index (χ0v) is 12.6. The molecule has 1 atom stereocenters. The Morgan fingerprint density at radius 2 is 1.71 bits per heavy atom. The summed E-state index contributed by atoms with van der Waals surface area (Å²) in [6, 6.07) is 0. The van der Waals surface area contributed by atoms with E-state index in [1.165, 1.54) is 0 Å². The Labute approximate surface area is 107 Å². The highest BCUT2D eigenvalue weighted by Gasteiger charge is 2.33. The van der Waals surface area contributed by atoms with Gasteiger partial charge in [0.25, 0.3) is 0 Å². The minimum Gasteiger partial charge on any atom is -0.355 e. The molecular weight excluding hydrogens is 212 g/mol. The van der Waals surface area contributed by atoms with Crippen molar-refractivity contribution in [3.63, 3.8) is 0 Å². The number of hydrogen-bond acceptors (Lipinski definition) is 2. The number of hydrogen-bond donors (Lipinski definition) is 2. The fraction of sp³-hybridized carbons (Fsp3) is 0.929. The van der Waals surface area contributed by atoms with E-state index >= 15 is 0 Å². The fourth-order valence-corrected chi connectivity index (χ4v) is 1.88. The second kappa shape index (κ2) is 6.39. The molecule has 0 saturated heterocycles. The summed E-state index contributed by atoms with van der Waals surface area (Å²) in [5, 5.41) is 6.37. The standard InChI is InChI=1S/C14H30N2O/c1-8-15-12(17)14(7,9-11(2)3)16-10-13(4,5)6/h11,16H,8-10H2,1-7H3,(H,15,17). The van der Waals surface area contributed by atoms with Crippen molar-refractivity contribution in [1.82, 2.24) is 10.6 Å². The molecule has 0 bridgehead atoms. The van der Waals surface area contributed by atoms with E-state index in [2.05, 4.69) is 45.3 Å². The molecule has 0 spiro atoms. The molecule has 0 aromatic heterocycles. The van der Waals surface area contributed by atoms with Gasteiger partial charge in [0.2, 0.25) is 5.91 Å². The third-order valence-electron chi connectivity index (χ3n) is 2.66. The van der Waals surface area contributed by atoms with Gasteiger partial charge in [0.1, 0.15) is 0 Å². The molecule has 1 unspecified atom stereocenters. The van der Waals surface area contributed by atoms with Crippen LogP contribution in [0.15, 0.2) is 0 Å². The van der Waals surface area contributed by atoms with Gasteiger partial charge in [-0.1, -0.05) is 34.6 Å². The van der Waals surface area contributed by atoms with E-state index in [9.17, 15) is 4.79 Å². The van der Waals surface area contributed by atoms with Crippen LogP contribution in [-0.4, -0.2) is 24.5 Å². The lowest BCUT2D eigenvalue weighted by molar-refractivity contribution is -0.127. The molecular formula is C14H30N2O. The molecule has 0 heterocycles. The molecule has 0 aliphatic rings. The zero-order valence-electron chi connectivity index (χ0n) is 12.6. The fourth-order valence-electron chi connectivity index (χ4n) is 1.88. The summed E-state index contributed by atoms with van der Waals surface area (Å²) >= 11 is 0. The minimum absolute atomic E-state index is 0.109. The predicted octanol–water partition coefficient (Wildman–Crippen LogP) is 2.56. The summed E-state index contributed by atoms with van der Waals surface area (Å²) in [6.07, 6.45) is 0.856. The van der Waals surface area contributed by atoms with Crippen molar-refractivity contribution in [2.75, 3.05) is 13.1 Å². The summed E-state index contributed by atoms with van der Waals surface area (Å²) in [6.45, 7) is 16.3. The molecule has 0 fully saturated rings. The lowest BCUT2D eigenvalue weighted by Crippen LogP contribution is -2.57. The van der Waals surface area contributed by atoms with Crippen LogP contribution in [-0.2, 0) is 4.79 Å². The second-order valence-corrected chi connectivity index (χ2v) is 6.70. The number of carbonyl (C=O) groups is 1. The summed E-state index contributed by atoms with van der Waals surface area (Å²) in [5.41, 5.74) is -0.276. The van der Waals surface area contributed by atoms with Gasteiger partial charge in [-0.2, -0.15) is 0 Å². The number of amides is 1. The first-order valence-electron chi connectivity index (χ1n) is 6.64. The molecule has 0 saturated carbocycles. The molecule has 102 valence electrons. The van der Waals surface area contributed by atoms with Gasteiger partial charge in [-0.25, -0.2) is 0 Å². The Hall–Kier alpha value is -0.570. The molecule has 3 heteroatoms. The van der Waals surface area contributed by atoms with E-state index in [1.54, 1.807) is 0 Å². The van der Waals surface area contributed by atoms with Crippen molar-refractivity contribution in [2.45, 2.75) is 60.4 Å². The minimum atomic E-state index is -0.461. The normalized spacial score (nSPS) is 15.8. The molecule has 0 aromatic carbocycles. The highest BCUT2D eigenvalue weighted by atomic mass is 16.2. The third-order valence-corrected chi connectivity index (χ3v) is 2.66. The van der Waals surface area contributed by atoms with Gasteiger partial charge < -0.3 is 10.6 Å². The largest absolute Gasteiger partial charge is 0.355 e. The first-order valence-corrected chi connectivity index (χ1v) is 6.64. The monoisotopic (exact) mass is 242 g/mol. The predicted molar refractivity (Wildman–Crippen MR) is 74.0 cm³/mol. The van der Waals surface area contributed by atoms with Gasteiger partial charge in [-0.05, 0) is 31.6 Å². The van der Waals surface area contributed by atoms with Crippen LogP contribution in [0.5, 0.6) is 0 Å². The molecule has 0 aliphatic carbocycles. The molecule has 17 heavy (non-hydrogen) atoms. The topological polar surface area (TPSA) is 41.1 Å². The smallest absolute Gasteiger partial charge is 0.240 e. The van der Waals surface area contributed by atoms with Crippen LogP contribution in [0.25, 0.3) is 0 Å². The van der Waals surface area contributed by atoms with Crippen LogP contribution in [0, 0.1) is 11.3 Å². The summed E-state index contributed by atoms with van der Waals surface area (Å²) in [7, 11) is 0. The van der Waals surface area contributed by atoms with Crippen LogP contribution in [0.1, 0.15) is 54.9 Å². The average Bonchev–Trinajstić information content (AvgIpc) is 2.13. The van der Waals surface area contributed by atoms with Gasteiger partial charge in [0.15, 0.2) is 0 Å². The van der Waals surface area contributed by atoms with Gasteiger partial charge >= 0.3 is 0 Å². The van der Waals surface area contributed by atoms with E-state index in [-0.39, 0.29) is 11.3 Å². The first kappa shape index (κ1) is 16.4. The maximum Gasteiger partial charge on any atom is 0.240 e. The van der Waals surface area contributed by atoms with Crippen molar-refractivity contribution >= 4 is 5.91 Å². The molecule has 2 N–H and O–H groups in total. The third kappa shape index (κ3) is 6.67. The molecule has 0 aliphatic heterocycles. The molecule has 0 radical (unpaired) electrons. The molecule has 1 amide bonds. The van der Waals surface area contributed by atoms with Crippen molar-refractivity contribution in [3.8, 4) is 0 Å². The summed E-state index contributed by atoms with van der Waals surface area (Å²) < 4.78 is 0. The summed E-state index contributed by atoms with van der Waals surface area (Å²) in [4.78, 5) is 12.1.